The molecule has 3 aromatic rings. The van der Waals surface area contributed by atoms with Gasteiger partial charge in [0.05, 0.1) is 23.0 Å². The van der Waals surface area contributed by atoms with Gasteiger partial charge < -0.3 is 4.57 Å². The molecular weight excluding hydrogens is 289 g/mol. The number of alkyl halides is 1. The summed E-state index contributed by atoms with van der Waals surface area (Å²) in [5.74, 6) is 0.760. The van der Waals surface area contributed by atoms with Crippen molar-refractivity contribution in [2.75, 3.05) is 0 Å². The Morgan fingerprint density at radius 1 is 1.38 bits per heavy atom. The second-order valence-corrected chi connectivity index (χ2v) is 5.35. The van der Waals surface area contributed by atoms with Crippen LogP contribution in [0.15, 0.2) is 36.7 Å². The minimum Gasteiger partial charge on any atom is -0.320 e. The van der Waals surface area contributed by atoms with Crippen LogP contribution in [0.1, 0.15) is 29.9 Å². The summed E-state index contributed by atoms with van der Waals surface area (Å²) in [7, 11) is 0. The number of hydrogen-bond acceptors (Lipinski definition) is 2. The summed E-state index contributed by atoms with van der Waals surface area (Å²) in [4.78, 5) is 8.61. The van der Waals surface area contributed by atoms with Gasteiger partial charge in [0.2, 0.25) is 0 Å². The average Bonchev–Trinajstić information content (AvgIpc) is 2.85. The first-order valence-corrected chi connectivity index (χ1v) is 7.28. The molecule has 0 bridgehead atoms. The maximum Gasteiger partial charge on any atom is 0.128 e. The van der Waals surface area contributed by atoms with E-state index in [0.29, 0.717) is 11.1 Å². The number of aryl methyl sites for hydroxylation is 1. The Morgan fingerprint density at radius 3 is 2.86 bits per heavy atom. The summed E-state index contributed by atoms with van der Waals surface area (Å²) in [5.41, 5.74) is 3.18. The number of imidazole rings is 1. The zero-order chi connectivity index (χ0) is 15.0. The second kappa shape index (κ2) is 5.45. The van der Waals surface area contributed by atoms with Crippen molar-refractivity contribution < 1.29 is 4.39 Å². The lowest BCUT2D eigenvalue weighted by molar-refractivity contribution is 0.618. The van der Waals surface area contributed by atoms with Gasteiger partial charge >= 0.3 is 0 Å². The van der Waals surface area contributed by atoms with Gasteiger partial charge in [0, 0.05) is 18.5 Å². The Kier molecular flexibility index (Phi) is 3.64. The first-order chi connectivity index (χ1) is 10.1. The summed E-state index contributed by atoms with van der Waals surface area (Å²) in [5, 5.41) is 0. The molecule has 5 heteroatoms. The summed E-state index contributed by atoms with van der Waals surface area (Å²) in [6, 6.07) is 7.23. The summed E-state index contributed by atoms with van der Waals surface area (Å²) in [6.45, 7) is 3.81. The van der Waals surface area contributed by atoms with Crippen molar-refractivity contribution in [3.05, 3.63) is 59.4 Å². The second-order valence-electron chi connectivity index (χ2n) is 5.08. The van der Waals surface area contributed by atoms with Gasteiger partial charge in [-0.25, -0.2) is 9.37 Å². The maximum absolute atomic E-state index is 13.7. The lowest BCUT2D eigenvalue weighted by Crippen LogP contribution is -2.10. The van der Waals surface area contributed by atoms with Crippen molar-refractivity contribution in [2.24, 2.45) is 0 Å². The van der Waals surface area contributed by atoms with Gasteiger partial charge in [0.25, 0.3) is 0 Å². The van der Waals surface area contributed by atoms with Crippen molar-refractivity contribution >= 4 is 22.6 Å². The molecule has 1 aromatic carbocycles. The van der Waals surface area contributed by atoms with E-state index in [1.165, 1.54) is 6.07 Å². The van der Waals surface area contributed by atoms with Gasteiger partial charge in [0.15, 0.2) is 0 Å². The predicted octanol–water partition coefficient (Wildman–Crippen LogP) is 4.23. The van der Waals surface area contributed by atoms with E-state index in [2.05, 4.69) is 16.9 Å². The highest BCUT2D eigenvalue weighted by Gasteiger charge is 2.18. The molecule has 0 aliphatic rings. The monoisotopic (exact) mass is 303 g/mol. The van der Waals surface area contributed by atoms with Gasteiger partial charge in [-0.3, -0.25) is 4.98 Å². The highest BCUT2D eigenvalue weighted by atomic mass is 35.5. The molecule has 1 atom stereocenters. The van der Waals surface area contributed by atoms with E-state index in [4.69, 9.17) is 11.6 Å². The third-order valence-electron chi connectivity index (χ3n) is 3.72. The third kappa shape index (κ3) is 2.40. The van der Waals surface area contributed by atoms with E-state index in [9.17, 15) is 4.39 Å². The van der Waals surface area contributed by atoms with E-state index < -0.39 is 0 Å². The zero-order valence-corrected chi connectivity index (χ0v) is 12.6. The van der Waals surface area contributed by atoms with E-state index in [-0.39, 0.29) is 17.7 Å². The molecule has 21 heavy (non-hydrogen) atoms. The number of aromatic nitrogens is 3. The van der Waals surface area contributed by atoms with Crippen LogP contribution in [0.3, 0.4) is 0 Å². The van der Waals surface area contributed by atoms with Crippen LogP contribution >= 0.6 is 11.6 Å². The van der Waals surface area contributed by atoms with Crippen molar-refractivity contribution in [1.82, 2.24) is 14.5 Å². The molecule has 0 fully saturated rings. The Labute approximate surface area is 127 Å². The highest BCUT2D eigenvalue weighted by Crippen LogP contribution is 2.28. The van der Waals surface area contributed by atoms with Gasteiger partial charge in [-0.2, -0.15) is 0 Å². The van der Waals surface area contributed by atoms with E-state index in [1.807, 2.05) is 29.0 Å². The van der Waals surface area contributed by atoms with Crippen molar-refractivity contribution in [1.29, 1.82) is 0 Å². The molecule has 0 aliphatic carbocycles. The minimum atomic E-state index is -0.248. The maximum atomic E-state index is 13.7. The van der Waals surface area contributed by atoms with Crippen LogP contribution in [0, 0.1) is 12.7 Å². The number of fused-ring (bicyclic) bond motifs is 1. The standard InChI is InChI=1S/C16H15ClFN3/c1-10-6-15-14(7-13(10)18)20-16(8-17)21(15)11(2)12-4-3-5-19-9-12/h3-7,9,11H,8H2,1-2H3. The smallest absolute Gasteiger partial charge is 0.128 e. The third-order valence-corrected chi connectivity index (χ3v) is 3.96. The molecule has 3 nitrogen and oxygen atoms in total. The van der Waals surface area contributed by atoms with Crippen LogP contribution in [-0.4, -0.2) is 14.5 Å². The van der Waals surface area contributed by atoms with Crippen LogP contribution in [0.2, 0.25) is 0 Å². The average molecular weight is 304 g/mol. The number of halogens is 2. The van der Waals surface area contributed by atoms with Gasteiger partial charge in [0.1, 0.15) is 11.6 Å². The molecule has 108 valence electrons. The Morgan fingerprint density at radius 2 is 2.19 bits per heavy atom. The highest BCUT2D eigenvalue weighted by molar-refractivity contribution is 6.16. The normalized spacial score (nSPS) is 12.8. The van der Waals surface area contributed by atoms with Crippen molar-refractivity contribution in [2.45, 2.75) is 25.8 Å². The molecule has 0 aliphatic heterocycles. The molecule has 0 amide bonds. The zero-order valence-electron chi connectivity index (χ0n) is 11.8. The van der Waals surface area contributed by atoms with Crippen LogP contribution in [0.25, 0.3) is 11.0 Å². The molecule has 1 unspecified atom stereocenters. The van der Waals surface area contributed by atoms with Crippen LogP contribution in [0.4, 0.5) is 4.39 Å². The van der Waals surface area contributed by atoms with Crippen LogP contribution in [-0.2, 0) is 5.88 Å². The molecular formula is C16H15ClFN3. The van der Waals surface area contributed by atoms with Crippen LogP contribution < -0.4 is 0 Å². The summed E-state index contributed by atoms with van der Waals surface area (Å²) in [6.07, 6.45) is 3.56. The van der Waals surface area contributed by atoms with Gasteiger partial charge in [-0.15, -0.1) is 11.6 Å². The number of hydrogen-bond donors (Lipinski definition) is 0. The first-order valence-electron chi connectivity index (χ1n) is 6.74. The molecule has 2 heterocycles. The summed E-state index contributed by atoms with van der Waals surface area (Å²) < 4.78 is 15.8. The van der Waals surface area contributed by atoms with Gasteiger partial charge in [-0.05, 0) is 37.1 Å². The molecule has 2 aromatic heterocycles. The lowest BCUT2D eigenvalue weighted by Gasteiger charge is -2.17. The fraction of sp³-hybridized carbons (Fsp3) is 0.250. The molecule has 3 rings (SSSR count). The number of benzene rings is 1. The molecule has 0 spiro atoms. The number of rotatable bonds is 3. The van der Waals surface area contributed by atoms with Crippen molar-refractivity contribution in [3.8, 4) is 0 Å². The van der Waals surface area contributed by atoms with Crippen LogP contribution in [0.5, 0.6) is 0 Å². The molecule has 0 N–H and O–H groups in total. The number of pyridine rings is 1. The minimum absolute atomic E-state index is 0.0299. The number of nitrogens with zero attached hydrogens (tertiary/aromatic N) is 3. The Hall–Kier alpha value is -1.94. The van der Waals surface area contributed by atoms with E-state index >= 15 is 0 Å². The Bertz CT molecular complexity index is 783. The van der Waals surface area contributed by atoms with Crippen molar-refractivity contribution in [3.63, 3.8) is 0 Å². The first kappa shape index (κ1) is 14.0. The fourth-order valence-corrected chi connectivity index (χ4v) is 2.76. The van der Waals surface area contributed by atoms with E-state index in [0.717, 1.165) is 16.9 Å². The quantitative estimate of drug-likeness (QED) is 0.678. The topological polar surface area (TPSA) is 30.7 Å². The SMILES string of the molecule is Cc1cc2c(cc1F)nc(CCl)n2C(C)c1cccnc1. The Balaban J connectivity index is 2.23. The molecule has 0 saturated carbocycles. The lowest BCUT2D eigenvalue weighted by atomic mass is 10.1. The summed E-state index contributed by atoms with van der Waals surface area (Å²) >= 11 is 6.02. The molecule has 0 radical (unpaired) electrons. The predicted molar refractivity (Wildman–Crippen MR) is 82.0 cm³/mol. The fourth-order valence-electron chi connectivity index (χ4n) is 2.57. The van der Waals surface area contributed by atoms with Gasteiger partial charge in [-0.1, -0.05) is 6.07 Å². The molecule has 0 saturated heterocycles. The largest absolute Gasteiger partial charge is 0.320 e. The van der Waals surface area contributed by atoms with E-state index in [1.54, 1.807) is 13.1 Å².